The maximum absolute atomic E-state index is 5.51. The molecule has 0 fully saturated rings. The van der Waals surface area contributed by atoms with E-state index in [1.165, 1.54) is 23.1 Å². The van der Waals surface area contributed by atoms with Crippen molar-refractivity contribution in [2.75, 3.05) is 6.54 Å². The molecule has 1 heteroatoms. The minimum Gasteiger partial charge on any atom is -0.330 e. The third kappa shape index (κ3) is 3.19. The molecule has 0 unspecified atom stereocenters. The molecule has 0 aliphatic carbocycles. The highest BCUT2D eigenvalue weighted by Crippen LogP contribution is 2.10. The molecule has 1 nitrogen and oxygen atoms in total. The molecule has 0 aliphatic rings. The Morgan fingerprint density at radius 1 is 1.23 bits per heavy atom. The molecule has 0 bridgehead atoms. The van der Waals surface area contributed by atoms with Crippen LogP contribution in [-0.4, -0.2) is 6.54 Å². The summed E-state index contributed by atoms with van der Waals surface area (Å²) in [4.78, 5) is 0. The Morgan fingerprint density at radius 2 is 1.85 bits per heavy atom. The fraction of sp³-hybridized carbons (Fsp3) is 0.500. The second-order valence-electron chi connectivity index (χ2n) is 3.50. The molecule has 13 heavy (non-hydrogen) atoms. The summed E-state index contributed by atoms with van der Waals surface area (Å²) >= 11 is 0. The maximum Gasteiger partial charge on any atom is -0.00365 e. The second kappa shape index (κ2) is 5.03. The molecule has 0 amide bonds. The van der Waals surface area contributed by atoms with E-state index in [4.69, 9.17) is 5.73 Å². The molecule has 1 aromatic carbocycles. The molecular weight excluding hydrogens is 158 g/mol. The fourth-order valence-electron chi connectivity index (χ4n) is 1.56. The SMILES string of the molecule is CCCc1[c]c(CCN)cc(C)c1. The average Bonchev–Trinajstić information content (AvgIpc) is 2.04. The van der Waals surface area contributed by atoms with Crippen LogP contribution in [-0.2, 0) is 12.8 Å². The highest BCUT2D eigenvalue weighted by atomic mass is 14.5. The van der Waals surface area contributed by atoms with E-state index >= 15 is 0 Å². The van der Waals surface area contributed by atoms with Gasteiger partial charge in [0.15, 0.2) is 0 Å². The highest BCUT2D eigenvalue weighted by molar-refractivity contribution is 5.28. The monoisotopic (exact) mass is 176 g/mol. The lowest BCUT2D eigenvalue weighted by atomic mass is 10.0. The van der Waals surface area contributed by atoms with Gasteiger partial charge in [0, 0.05) is 0 Å². The average molecular weight is 176 g/mol. The molecule has 1 rings (SSSR count). The molecule has 71 valence electrons. The summed E-state index contributed by atoms with van der Waals surface area (Å²) in [6, 6.07) is 7.79. The van der Waals surface area contributed by atoms with Gasteiger partial charge in [-0.15, -0.1) is 0 Å². The predicted octanol–water partition coefficient (Wildman–Crippen LogP) is 2.25. The summed E-state index contributed by atoms with van der Waals surface area (Å²) in [5.74, 6) is 0. The molecule has 0 saturated heterocycles. The third-order valence-corrected chi connectivity index (χ3v) is 2.06. The molecule has 0 heterocycles. The summed E-state index contributed by atoms with van der Waals surface area (Å²) in [6.07, 6.45) is 3.25. The van der Waals surface area contributed by atoms with Crippen molar-refractivity contribution in [2.24, 2.45) is 5.73 Å². The molecular formula is C12H18N. The molecule has 0 aromatic heterocycles. The van der Waals surface area contributed by atoms with Crippen molar-refractivity contribution in [3.63, 3.8) is 0 Å². The summed E-state index contributed by atoms with van der Waals surface area (Å²) in [5.41, 5.74) is 9.42. The van der Waals surface area contributed by atoms with Crippen molar-refractivity contribution >= 4 is 0 Å². The zero-order valence-electron chi connectivity index (χ0n) is 8.56. The Hall–Kier alpha value is -0.820. The fourth-order valence-corrected chi connectivity index (χ4v) is 1.56. The van der Waals surface area contributed by atoms with E-state index < -0.39 is 0 Å². The predicted molar refractivity (Wildman–Crippen MR) is 56.8 cm³/mol. The van der Waals surface area contributed by atoms with E-state index in [2.05, 4.69) is 32.0 Å². The van der Waals surface area contributed by atoms with Crippen LogP contribution < -0.4 is 5.73 Å². The molecule has 0 aliphatic heterocycles. The van der Waals surface area contributed by atoms with Gasteiger partial charge in [-0.1, -0.05) is 31.0 Å². The molecule has 1 radical (unpaired) electrons. The minimum absolute atomic E-state index is 0.714. The normalized spacial score (nSPS) is 10.4. The van der Waals surface area contributed by atoms with E-state index in [9.17, 15) is 0 Å². The van der Waals surface area contributed by atoms with Crippen molar-refractivity contribution in [3.8, 4) is 0 Å². The topological polar surface area (TPSA) is 26.0 Å². The first-order chi connectivity index (χ1) is 6.26. The zero-order valence-corrected chi connectivity index (χ0v) is 8.56. The standard InChI is InChI=1S/C12H18N/c1-3-4-11-7-10(2)8-12(9-11)5-6-13/h7-8H,3-6,13H2,1-2H3. The van der Waals surface area contributed by atoms with Crippen molar-refractivity contribution < 1.29 is 0 Å². The first-order valence-corrected chi connectivity index (χ1v) is 4.98. The molecule has 1 aromatic rings. The summed E-state index contributed by atoms with van der Waals surface area (Å²) < 4.78 is 0. The van der Waals surface area contributed by atoms with Gasteiger partial charge < -0.3 is 5.73 Å². The van der Waals surface area contributed by atoms with E-state index in [0.717, 1.165) is 12.8 Å². The summed E-state index contributed by atoms with van der Waals surface area (Å²) in [7, 11) is 0. The Labute approximate surface area is 81.0 Å². The first-order valence-electron chi connectivity index (χ1n) is 4.98. The van der Waals surface area contributed by atoms with Gasteiger partial charge in [-0.2, -0.15) is 0 Å². The van der Waals surface area contributed by atoms with Crippen LogP contribution in [0.15, 0.2) is 12.1 Å². The quantitative estimate of drug-likeness (QED) is 0.748. The zero-order chi connectivity index (χ0) is 9.68. The van der Waals surface area contributed by atoms with Gasteiger partial charge in [0.2, 0.25) is 0 Å². The minimum atomic E-state index is 0.714. The summed E-state index contributed by atoms with van der Waals surface area (Å²) in [6.45, 7) is 5.04. The lowest BCUT2D eigenvalue weighted by Crippen LogP contribution is -2.03. The molecule has 0 spiro atoms. The second-order valence-corrected chi connectivity index (χ2v) is 3.50. The molecule has 0 atom stereocenters. The van der Waals surface area contributed by atoms with Crippen molar-refractivity contribution in [3.05, 3.63) is 34.9 Å². The van der Waals surface area contributed by atoms with Crippen molar-refractivity contribution in [2.45, 2.75) is 33.1 Å². The lowest BCUT2D eigenvalue weighted by molar-refractivity contribution is 0.904. The number of nitrogens with two attached hydrogens (primary N) is 1. The van der Waals surface area contributed by atoms with Crippen LogP contribution in [0, 0.1) is 13.0 Å². The Bertz CT molecular complexity index is 242. The van der Waals surface area contributed by atoms with Gasteiger partial charge in [-0.25, -0.2) is 0 Å². The van der Waals surface area contributed by atoms with Crippen molar-refractivity contribution in [1.82, 2.24) is 0 Å². The molecule has 0 saturated carbocycles. The van der Waals surface area contributed by atoms with Gasteiger partial charge in [0.25, 0.3) is 0 Å². The number of hydrogen-bond donors (Lipinski definition) is 1. The van der Waals surface area contributed by atoms with E-state index in [-0.39, 0.29) is 0 Å². The number of benzene rings is 1. The van der Waals surface area contributed by atoms with Gasteiger partial charge in [-0.3, -0.25) is 0 Å². The smallest absolute Gasteiger partial charge is 0.00365 e. The van der Waals surface area contributed by atoms with Crippen LogP contribution in [0.2, 0.25) is 0 Å². The van der Waals surface area contributed by atoms with Crippen LogP contribution in [0.4, 0.5) is 0 Å². The van der Waals surface area contributed by atoms with Crippen LogP contribution in [0.25, 0.3) is 0 Å². The number of rotatable bonds is 4. The Kier molecular flexibility index (Phi) is 3.97. The third-order valence-electron chi connectivity index (χ3n) is 2.06. The van der Waals surface area contributed by atoms with Gasteiger partial charge in [-0.05, 0) is 43.5 Å². The Morgan fingerprint density at radius 3 is 2.38 bits per heavy atom. The highest BCUT2D eigenvalue weighted by Gasteiger charge is 1.97. The number of hydrogen-bond acceptors (Lipinski definition) is 1. The molecule has 2 N–H and O–H groups in total. The van der Waals surface area contributed by atoms with Gasteiger partial charge >= 0.3 is 0 Å². The van der Waals surface area contributed by atoms with Gasteiger partial charge in [0.1, 0.15) is 0 Å². The van der Waals surface area contributed by atoms with Crippen LogP contribution in [0.3, 0.4) is 0 Å². The number of aryl methyl sites for hydroxylation is 2. The largest absolute Gasteiger partial charge is 0.330 e. The summed E-state index contributed by atoms with van der Waals surface area (Å²) in [5, 5.41) is 0. The Balaban J connectivity index is 2.83. The lowest BCUT2D eigenvalue weighted by Gasteiger charge is -2.04. The van der Waals surface area contributed by atoms with Crippen LogP contribution in [0.1, 0.15) is 30.0 Å². The first kappa shape index (κ1) is 10.3. The van der Waals surface area contributed by atoms with E-state index in [1.54, 1.807) is 0 Å². The van der Waals surface area contributed by atoms with E-state index in [1.807, 2.05) is 0 Å². The van der Waals surface area contributed by atoms with Crippen molar-refractivity contribution in [1.29, 1.82) is 0 Å². The van der Waals surface area contributed by atoms with Crippen LogP contribution in [0.5, 0.6) is 0 Å². The van der Waals surface area contributed by atoms with Gasteiger partial charge in [0.05, 0.1) is 0 Å². The van der Waals surface area contributed by atoms with E-state index in [0.29, 0.717) is 6.54 Å². The maximum atomic E-state index is 5.51. The van der Waals surface area contributed by atoms with Crippen LogP contribution >= 0.6 is 0 Å².